The van der Waals surface area contributed by atoms with Gasteiger partial charge in [-0.25, -0.2) is 0 Å². The van der Waals surface area contributed by atoms with Crippen molar-refractivity contribution >= 4 is 5.69 Å². The van der Waals surface area contributed by atoms with Crippen LogP contribution < -0.4 is 4.90 Å². The predicted molar refractivity (Wildman–Crippen MR) is 72.7 cm³/mol. The zero-order chi connectivity index (χ0) is 13.0. The largest absolute Gasteiger partial charge is 0.421 e. The van der Waals surface area contributed by atoms with Crippen LogP contribution >= 0.6 is 0 Å². The molecule has 2 rings (SSSR count). The van der Waals surface area contributed by atoms with Crippen molar-refractivity contribution in [3.63, 3.8) is 0 Å². The minimum Gasteiger partial charge on any atom is -0.421 e. The molecule has 1 heterocycles. The number of unbranched alkanes of at least 4 members (excludes halogenated alkanes) is 1. The van der Waals surface area contributed by atoms with E-state index in [4.69, 9.17) is 4.42 Å². The van der Waals surface area contributed by atoms with E-state index in [2.05, 4.69) is 22.0 Å². The Morgan fingerprint density at radius 3 is 2.44 bits per heavy atom. The summed E-state index contributed by atoms with van der Waals surface area (Å²) in [7, 11) is 4.04. The van der Waals surface area contributed by atoms with E-state index in [1.54, 1.807) is 0 Å². The maximum Gasteiger partial charge on any atom is 0.247 e. The topological polar surface area (TPSA) is 42.2 Å². The number of nitrogens with zero attached hydrogens (tertiary/aromatic N) is 3. The van der Waals surface area contributed by atoms with Crippen LogP contribution in [-0.4, -0.2) is 24.3 Å². The molecule has 0 amide bonds. The molecule has 96 valence electrons. The van der Waals surface area contributed by atoms with E-state index in [0.717, 1.165) is 36.4 Å². The van der Waals surface area contributed by atoms with Crippen molar-refractivity contribution in [1.29, 1.82) is 0 Å². The lowest BCUT2D eigenvalue weighted by Gasteiger charge is -2.11. The second-order valence-electron chi connectivity index (χ2n) is 4.55. The first-order valence-corrected chi connectivity index (χ1v) is 6.31. The van der Waals surface area contributed by atoms with Gasteiger partial charge in [0.25, 0.3) is 0 Å². The normalized spacial score (nSPS) is 10.6. The average Bonchev–Trinajstić information content (AvgIpc) is 2.85. The lowest BCUT2D eigenvalue weighted by atomic mass is 10.2. The summed E-state index contributed by atoms with van der Waals surface area (Å²) in [6.07, 6.45) is 3.08. The second kappa shape index (κ2) is 5.67. The number of aryl methyl sites for hydroxylation is 1. The van der Waals surface area contributed by atoms with Crippen molar-refractivity contribution in [2.24, 2.45) is 0 Å². The lowest BCUT2D eigenvalue weighted by molar-refractivity contribution is 0.496. The summed E-state index contributed by atoms with van der Waals surface area (Å²) in [4.78, 5) is 2.06. The minimum absolute atomic E-state index is 0.603. The number of benzene rings is 1. The van der Waals surface area contributed by atoms with Crippen molar-refractivity contribution in [1.82, 2.24) is 10.2 Å². The van der Waals surface area contributed by atoms with Crippen LogP contribution in [0.15, 0.2) is 28.7 Å². The number of anilines is 1. The molecule has 0 aliphatic rings. The molecule has 1 aromatic carbocycles. The summed E-state index contributed by atoms with van der Waals surface area (Å²) in [5.74, 6) is 1.33. The Hall–Kier alpha value is -1.84. The van der Waals surface area contributed by atoms with Crippen molar-refractivity contribution < 1.29 is 4.42 Å². The van der Waals surface area contributed by atoms with E-state index in [1.807, 2.05) is 38.4 Å². The standard InChI is InChI=1S/C14H19N3O/c1-4-5-6-13-15-16-14(18-13)11-7-9-12(10-8-11)17(2)3/h7-10H,4-6H2,1-3H3. The molecule has 0 unspecified atom stereocenters. The Kier molecular flexibility index (Phi) is 3.97. The third kappa shape index (κ3) is 2.88. The van der Waals surface area contributed by atoms with Crippen LogP contribution in [0.25, 0.3) is 11.5 Å². The van der Waals surface area contributed by atoms with Crippen LogP contribution in [0.3, 0.4) is 0 Å². The Morgan fingerprint density at radius 2 is 1.83 bits per heavy atom. The van der Waals surface area contributed by atoms with Gasteiger partial charge in [0.15, 0.2) is 0 Å². The highest BCUT2D eigenvalue weighted by atomic mass is 16.4. The first-order valence-electron chi connectivity index (χ1n) is 6.31. The molecular weight excluding hydrogens is 226 g/mol. The summed E-state index contributed by atoms with van der Waals surface area (Å²) in [5.41, 5.74) is 2.13. The van der Waals surface area contributed by atoms with Gasteiger partial charge in [-0.2, -0.15) is 0 Å². The first kappa shape index (κ1) is 12.6. The van der Waals surface area contributed by atoms with Crippen molar-refractivity contribution in [3.8, 4) is 11.5 Å². The Morgan fingerprint density at radius 1 is 1.11 bits per heavy atom. The Balaban J connectivity index is 2.13. The highest BCUT2D eigenvalue weighted by Gasteiger charge is 2.08. The van der Waals surface area contributed by atoms with Gasteiger partial charge in [0.1, 0.15) is 0 Å². The molecule has 0 N–H and O–H groups in total. The van der Waals surface area contributed by atoms with Crippen LogP contribution in [0.2, 0.25) is 0 Å². The van der Waals surface area contributed by atoms with Crippen LogP contribution in [0.4, 0.5) is 5.69 Å². The van der Waals surface area contributed by atoms with Crippen LogP contribution in [0.5, 0.6) is 0 Å². The highest BCUT2D eigenvalue weighted by molar-refractivity contribution is 5.58. The van der Waals surface area contributed by atoms with Gasteiger partial charge in [0, 0.05) is 31.8 Å². The number of hydrogen-bond donors (Lipinski definition) is 0. The third-order valence-corrected chi connectivity index (χ3v) is 2.84. The molecule has 4 nitrogen and oxygen atoms in total. The molecule has 0 bridgehead atoms. The van der Waals surface area contributed by atoms with E-state index in [9.17, 15) is 0 Å². The predicted octanol–water partition coefficient (Wildman–Crippen LogP) is 3.15. The first-order chi connectivity index (χ1) is 8.70. The van der Waals surface area contributed by atoms with Crippen molar-refractivity contribution in [3.05, 3.63) is 30.2 Å². The average molecular weight is 245 g/mol. The summed E-state index contributed by atoms with van der Waals surface area (Å²) < 4.78 is 5.64. The van der Waals surface area contributed by atoms with Crippen LogP contribution in [0, 0.1) is 0 Å². The van der Waals surface area contributed by atoms with Gasteiger partial charge in [-0.05, 0) is 30.7 Å². The molecule has 0 atom stereocenters. The van der Waals surface area contributed by atoms with Crippen molar-refractivity contribution in [2.45, 2.75) is 26.2 Å². The maximum atomic E-state index is 5.64. The van der Waals surface area contributed by atoms with Gasteiger partial charge < -0.3 is 9.32 Å². The number of rotatable bonds is 5. The fourth-order valence-electron chi connectivity index (χ4n) is 1.70. The third-order valence-electron chi connectivity index (χ3n) is 2.84. The molecule has 1 aromatic heterocycles. The highest BCUT2D eigenvalue weighted by Crippen LogP contribution is 2.21. The van der Waals surface area contributed by atoms with E-state index in [0.29, 0.717) is 5.89 Å². The fourth-order valence-corrected chi connectivity index (χ4v) is 1.70. The van der Waals surface area contributed by atoms with Gasteiger partial charge in [0.2, 0.25) is 11.8 Å². The zero-order valence-corrected chi connectivity index (χ0v) is 11.2. The molecule has 0 aliphatic carbocycles. The summed E-state index contributed by atoms with van der Waals surface area (Å²) in [6, 6.07) is 8.11. The summed E-state index contributed by atoms with van der Waals surface area (Å²) in [5, 5.41) is 8.14. The molecular formula is C14H19N3O. The molecule has 4 heteroatoms. The maximum absolute atomic E-state index is 5.64. The molecule has 18 heavy (non-hydrogen) atoms. The van der Waals surface area contributed by atoms with Crippen molar-refractivity contribution in [2.75, 3.05) is 19.0 Å². The van der Waals surface area contributed by atoms with E-state index in [-0.39, 0.29) is 0 Å². The van der Waals surface area contributed by atoms with Gasteiger partial charge >= 0.3 is 0 Å². The van der Waals surface area contributed by atoms with E-state index >= 15 is 0 Å². The lowest BCUT2D eigenvalue weighted by Crippen LogP contribution is -2.07. The number of hydrogen-bond acceptors (Lipinski definition) is 4. The van der Waals surface area contributed by atoms with E-state index < -0.39 is 0 Å². The van der Waals surface area contributed by atoms with Crippen LogP contribution in [-0.2, 0) is 6.42 Å². The molecule has 0 saturated heterocycles. The molecule has 0 aliphatic heterocycles. The second-order valence-corrected chi connectivity index (χ2v) is 4.55. The molecule has 0 spiro atoms. The Bertz CT molecular complexity index is 488. The zero-order valence-electron chi connectivity index (χ0n) is 11.2. The van der Waals surface area contributed by atoms with Gasteiger partial charge in [-0.15, -0.1) is 10.2 Å². The summed E-state index contributed by atoms with van der Waals surface area (Å²) >= 11 is 0. The molecule has 0 fully saturated rings. The summed E-state index contributed by atoms with van der Waals surface area (Å²) in [6.45, 7) is 2.15. The SMILES string of the molecule is CCCCc1nnc(-c2ccc(N(C)C)cc2)o1. The molecule has 2 aromatic rings. The molecule has 0 saturated carbocycles. The smallest absolute Gasteiger partial charge is 0.247 e. The number of aromatic nitrogens is 2. The van der Waals surface area contributed by atoms with Gasteiger partial charge in [-0.3, -0.25) is 0 Å². The fraction of sp³-hybridized carbons (Fsp3) is 0.429. The minimum atomic E-state index is 0.603. The quantitative estimate of drug-likeness (QED) is 0.811. The van der Waals surface area contributed by atoms with E-state index in [1.165, 1.54) is 0 Å². The van der Waals surface area contributed by atoms with Gasteiger partial charge in [0.05, 0.1) is 0 Å². The monoisotopic (exact) mass is 245 g/mol. The Labute approximate surface area is 108 Å². The molecule has 0 radical (unpaired) electrons. The van der Waals surface area contributed by atoms with Gasteiger partial charge in [-0.1, -0.05) is 13.3 Å². The van der Waals surface area contributed by atoms with Crippen LogP contribution in [0.1, 0.15) is 25.7 Å².